The van der Waals surface area contributed by atoms with Crippen LogP contribution in [0.2, 0.25) is 10.2 Å². The van der Waals surface area contributed by atoms with Gasteiger partial charge in [-0.25, -0.2) is 4.98 Å². The van der Waals surface area contributed by atoms with Crippen molar-refractivity contribution in [2.24, 2.45) is 5.92 Å². The molecule has 0 spiro atoms. The zero-order valence-electron chi connectivity index (χ0n) is 18.2. The molecule has 32 heavy (non-hydrogen) atoms. The fourth-order valence-corrected chi connectivity index (χ4v) is 5.10. The first-order valence-electron chi connectivity index (χ1n) is 11.1. The zero-order chi connectivity index (χ0) is 22.6. The summed E-state index contributed by atoms with van der Waals surface area (Å²) in [5.74, 6) is 1.88. The summed E-state index contributed by atoms with van der Waals surface area (Å²) >= 11 is 18.1. The minimum Gasteiger partial charge on any atom is -0.381 e. The van der Waals surface area contributed by atoms with Crippen molar-refractivity contribution in [1.82, 2.24) is 15.3 Å². The summed E-state index contributed by atoms with van der Waals surface area (Å²) in [5, 5.41) is 8.10. The van der Waals surface area contributed by atoms with Crippen LogP contribution in [0.5, 0.6) is 0 Å². The van der Waals surface area contributed by atoms with Crippen LogP contribution in [-0.2, 0) is 10.2 Å². The van der Waals surface area contributed by atoms with Crippen LogP contribution >= 0.6 is 35.4 Å². The van der Waals surface area contributed by atoms with E-state index in [1.807, 2.05) is 24.3 Å². The molecule has 1 aromatic carbocycles. The van der Waals surface area contributed by atoms with Crippen LogP contribution in [0.3, 0.4) is 0 Å². The van der Waals surface area contributed by atoms with Crippen LogP contribution in [0.1, 0.15) is 38.2 Å². The van der Waals surface area contributed by atoms with Crippen LogP contribution < -0.4 is 15.5 Å². The van der Waals surface area contributed by atoms with Crippen molar-refractivity contribution in [3.63, 3.8) is 0 Å². The minimum atomic E-state index is -0.0980. The Morgan fingerprint density at radius 3 is 2.81 bits per heavy atom. The van der Waals surface area contributed by atoms with Gasteiger partial charge < -0.3 is 20.3 Å². The molecule has 2 aromatic rings. The molecule has 3 heterocycles. The molecule has 0 amide bonds. The number of rotatable bonds is 5. The van der Waals surface area contributed by atoms with E-state index < -0.39 is 0 Å². The molecular formula is C23H29Cl2N5OS. The van der Waals surface area contributed by atoms with Gasteiger partial charge in [-0.3, -0.25) is 0 Å². The van der Waals surface area contributed by atoms with E-state index >= 15 is 0 Å². The molecule has 9 heteroatoms. The standard InChI is InChI=1S/C23H29Cl2N5OS/c1-16-4-3-9-30(14-16)20-13-19(25)27-21(28-20)29-22(32)26-15-23(7-10-31-11-8-23)17-5-2-6-18(24)12-17/h2,5-6,12-13,16H,3-4,7-11,14-15H2,1H3,(H2,26,27,28,29,32)/t16-/m1/s1. The highest BCUT2D eigenvalue weighted by Gasteiger charge is 2.34. The number of hydrogen-bond acceptors (Lipinski definition) is 5. The maximum Gasteiger partial charge on any atom is 0.232 e. The molecule has 2 N–H and O–H groups in total. The van der Waals surface area contributed by atoms with E-state index in [0.717, 1.165) is 43.2 Å². The van der Waals surface area contributed by atoms with Crippen molar-refractivity contribution in [3.8, 4) is 0 Å². The normalized spacial score (nSPS) is 20.6. The third-order valence-electron chi connectivity index (χ3n) is 6.36. The van der Waals surface area contributed by atoms with Crippen molar-refractivity contribution >= 4 is 52.3 Å². The quantitative estimate of drug-likeness (QED) is 0.445. The third kappa shape index (κ3) is 5.81. The molecule has 0 saturated carbocycles. The Labute approximate surface area is 205 Å². The Bertz CT molecular complexity index is 954. The second-order valence-corrected chi connectivity index (χ2v) is 10.0. The lowest BCUT2D eigenvalue weighted by molar-refractivity contribution is 0.0515. The molecule has 1 atom stereocenters. The van der Waals surface area contributed by atoms with Gasteiger partial charge in [-0.1, -0.05) is 42.3 Å². The summed E-state index contributed by atoms with van der Waals surface area (Å²) in [7, 11) is 0. The average Bonchev–Trinajstić information content (AvgIpc) is 2.78. The van der Waals surface area contributed by atoms with Crippen molar-refractivity contribution < 1.29 is 4.74 Å². The highest BCUT2D eigenvalue weighted by molar-refractivity contribution is 7.80. The number of thiocarbonyl (C=S) groups is 1. The number of nitrogens with one attached hydrogen (secondary N) is 2. The van der Waals surface area contributed by atoms with Crippen LogP contribution in [0, 0.1) is 5.92 Å². The van der Waals surface area contributed by atoms with Gasteiger partial charge in [0.1, 0.15) is 11.0 Å². The van der Waals surface area contributed by atoms with E-state index in [1.165, 1.54) is 12.0 Å². The molecule has 4 rings (SSSR count). The zero-order valence-corrected chi connectivity index (χ0v) is 20.6. The van der Waals surface area contributed by atoms with Gasteiger partial charge in [-0.05, 0) is 61.5 Å². The fourth-order valence-electron chi connectivity index (χ4n) is 4.56. The predicted octanol–water partition coefficient (Wildman–Crippen LogP) is 5.05. The van der Waals surface area contributed by atoms with Crippen molar-refractivity contribution in [2.75, 3.05) is 43.1 Å². The number of aromatic nitrogens is 2. The summed E-state index contributed by atoms with van der Waals surface area (Å²) in [4.78, 5) is 11.3. The molecule has 2 aliphatic heterocycles. The van der Waals surface area contributed by atoms with E-state index in [9.17, 15) is 0 Å². The average molecular weight is 494 g/mol. The van der Waals surface area contributed by atoms with Crippen LogP contribution in [0.4, 0.5) is 11.8 Å². The molecule has 2 aliphatic rings. The lowest BCUT2D eigenvalue weighted by Crippen LogP contribution is -2.45. The number of halogens is 2. The first-order chi connectivity index (χ1) is 15.4. The lowest BCUT2D eigenvalue weighted by atomic mass is 9.74. The summed E-state index contributed by atoms with van der Waals surface area (Å²) in [6.07, 6.45) is 4.19. The number of nitrogens with zero attached hydrogens (tertiary/aromatic N) is 3. The molecule has 2 saturated heterocycles. The molecule has 172 valence electrons. The second-order valence-electron chi connectivity index (χ2n) is 8.78. The molecule has 0 bridgehead atoms. The Hall–Kier alpha value is -1.67. The van der Waals surface area contributed by atoms with Crippen molar-refractivity contribution in [2.45, 2.75) is 38.0 Å². The maximum atomic E-state index is 6.30. The largest absolute Gasteiger partial charge is 0.381 e. The SMILES string of the molecule is C[C@@H]1CCCN(c2cc(Cl)nc(NC(=S)NCC3(c4cccc(Cl)c4)CCOCC3)n2)C1. The minimum absolute atomic E-state index is 0.0980. The molecule has 0 radical (unpaired) electrons. The van der Waals surface area contributed by atoms with E-state index in [-0.39, 0.29) is 5.41 Å². The van der Waals surface area contributed by atoms with Crippen molar-refractivity contribution in [1.29, 1.82) is 0 Å². The van der Waals surface area contributed by atoms with Crippen LogP contribution in [0.25, 0.3) is 0 Å². The lowest BCUT2D eigenvalue weighted by Gasteiger charge is -2.38. The summed E-state index contributed by atoms with van der Waals surface area (Å²) in [6.45, 7) is 6.30. The number of ether oxygens (including phenoxy) is 1. The number of benzene rings is 1. The fraction of sp³-hybridized carbons (Fsp3) is 0.522. The molecule has 0 aliphatic carbocycles. The smallest absolute Gasteiger partial charge is 0.232 e. The molecular weight excluding hydrogens is 465 g/mol. The van der Waals surface area contributed by atoms with Crippen LogP contribution in [-0.4, -0.2) is 47.9 Å². The van der Waals surface area contributed by atoms with Gasteiger partial charge in [0.15, 0.2) is 5.11 Å². The van der Waals surface area contributed by atoms with Gasteiger partial charge in [0.2, 0.25) is 5.95 Å². The predicted molar refractivity (Wildman–Crippen MR) is 135 cm³/mol. The first kappa shape index (κ1) is 23.5. The van der Waals surface area contributed by atoms with Crippen molar-refractivity contribution in [3.05, 3.63) is 46.1 Å². The molecule has 2 fully saturated rings. The maximum absolute atomic E-state index is 6.30. The third-order valence-corrected chi connectivity index (χ3v) is 7.04. The van der Waals surface area contributed by atoms with Gasteiger partial charge in [-0.2, -0.15) is 4.98 Å². The Balaban J connectivity index is 1.44. The van der Waals surface area contributed by atoms with E-state index in [4.69, 9.17) is 40.2 Å². The van der Waals surface area contributed by atoms with Gasteiger partial charge in [0.25, 0.3) is 0 Å². The Morgan fingerprint density at radius 2 is 2.06 bits per heavy atom. The second kappa shape index (κ2) is 10.5. The monoisotopic (exact) mass is 493 g/mol. The molecule has 0 unspecified atom stereocenters. The van der Waals surface area contributed by atoms with Gasteiger partial charge in [-0.15, -0.1) is 0 Å². The van der Waals surface area contributed by atoms with Gasteiger partial charge >= 0.3 is 0 Å². The van der Waals surface area contributed by atoms with E-state index in [1.54, 1.807) is 0 Å². The highest BCUT2D eigenvalue weighted by atomic mass is 35.5. The van der Waals surface area contributed by atoms with E-state index in [2.05, 4.69) is 38.5 Å². The van der Waals surface area contributed by atoms with Crippen LogP contribution in [0.15, 0.2) is 30.3 Å². The number of piperidine rings is 1. The summed E-state index contributed by atoms with van der Waals surface area (Å²) < 4.78 is 5.62. The van der Waals surface area contributed by atoms with E-state index in [0.29, 0.717) is 41.9 Å². The Morgan fingerprint density at radius 1 is 1.25 bits per heavy atom. The Kier molecular flexibility index (Phi) is 7.71. The topological polar surface area (TPSA) is 62.3 Å². The first-order valence-corrected chi connectivity index (χ1v) is 12.3. The number of hydrogen-bond donors (Lipinski definition) is 2. The molecule has 6 nitrogen and oxygen atoms in total. The highest BCUT2D eigenvalue weighted by Crippen LogP contribution is 2.35. The van der Waals surface area contributed by atoms with Gasteiger partial charge in [0, 0.05) is 49.4 Å². The summed E-state index contributed by atoms with van der Waals surface area (Å²) in [5.41, 5.74) is 1.10. The molecule has 1 aromatic heterocycles. The number of anilines is 2. The summed E-state index contributed by atoms with van der Waals surface area (Å²) in [6, 6.07) is 9.87. The van der Waals surface area contributed by atoms with Gasteiger partial charge in [0.05, 0.1) is 0 Å².